The molecule has 1 heterocycles. The van der Waals surface area contributed by atoms with Crippen LogP contribution in [0.3, 0.4) is 0 Å². The number of nitrogens with zero attached hydrogens (tertiary/aromatic N) is 2. The average Bonchev–Trinajstić information content (AvgIpc) is 3.14. The first-order valence-electron chi connectivity index (χ1n) is 11.7. The molecule has 1 aliphatic heterocycles. The zero-order valence-electron chi connectivity index (χ0n) is 20.3. The van der Waals surface area contributed by atoms with Crippen molar-refractivity contribution >= 4 is 23.1 Å². The van der Waals surface area contributed by atoms with E-state index in [-0.39, 0.29) is 17.8 Å². The van der Waals surface area contributed by atoms with Gasteiger partial charge in [0.1, 0.15) is 5.75 Å². The van der Waals surface area contributed by atoms with Gasteiger partial charge in [0.15, 0.2) is 11.5 Å². The fraction of sp³-hybridized carbons (Fsp3) is 0.241. The predicted molar refractivity (Wildman–Crippen MR) is 138 cm³/mol. The van der Waals surface area contributed by atoms with E-state index in [1.165, 1.54) is 4.90 Å². The van der Waals surface area contributed by atoms with Crippen LogP contribution in [0.5, 0.6) is 5.75 Å². The van der Waals surface area contributed by atoms with Crippen molar-refractivity contribution in [3.63, 3.8) is 0 Å². The SMILES string of the molecule is CCOc1cccc(N2C(=O)C(O)=C(C(=O)CCc3ccccc3)C2c2ccc(N(C)C)cc2)c1. The maximum Gasteiger partial charge on any atom is 0.294 e. The van der Waals surface area contributed by atoms with Gasteiger partial charge in [-0.05, 0) is 48.7 Å². The topological polar surface area (TPSA) is 70.1 Å². The summed E-state index contributed by atoms with van der Waals surface area (Å²) in [5.41, 5.74) is 3.45. The third kappa shape index (κ3) is 5.06. The summed E-state index contributed by atoms with van der Waals surface area (Å²) in [4.78, 5) is 30.3. The van der Waals surface area contributed by atoms with Crippen LogP contribution in [0.4, 0.5) is 11.4 Å². The molecule has 0 fully saturated rings. The summed E-state index contributed by atoms with van der Waals surface area (Å²) in [6, 6.07) is 23.8. The van der Waals surface area contributed by atoms with Crippen LogP contribution < -0.4 is 14.5 Å². The fourth-order valence-electron chi connectivity index (χ4n) is 4.35. The number of hydrogen-bond donors (Lipinski definition) is 1. The molecule has 6 heteroatoms. The number of rotatable bonds is 9. The fourth-order valence-corrected chi connectivity index (χ4v) is 4.35. The molecule has 180 valence electrons. The monoisotopic (exact) mass is 470 g/mol. The molecule has 1 amide bonds. The Balaban J connectivity index is 1.73. The van der Waals surface area contributed by atoms with Crippen molar-refractivity contribution in [2.24, 2.45) is 0 Å². The van der Waals surface area contributed by atoms with Gasteiger partial charge in [0, 0.05) is 38.0 Å². The normalized spacial score (nSPS) is 15.5. The van der Waals surface area contributed by atoms with Gasteiger partial charge in [0.05, 0.1) is 18.2 Å². The summed E-state index contributed by atoms with van der Waals surface area (Å²) >= 11 is 0. The second-order valence-electron chi connectivity index (χ2n) is 8.67. The van der Waals surface area contributed by atoms with E-state index in [0.29, 0.717) is 24.5 Å². The lowest BCUT2D eigenvalue weighted by atomic mass is 9.93. The third-order valence-electron chi connectivity index (χ3n) is 6.12. The molecule has 1 aliphatic rings. The Bertz CT molecular complexity index is 1230. The van der Waals surface area contributed by atoms with Crippen LogP contribution in [0.1, 0.15) is 30.5 Å². The van der Waals surface area contributed by atoms with E-state index in [2.05, 4.69) is 0 Å². The van der Waals surface area contributed by atoms with Gasteiger partial charge >= 0.3 is 0 Å². The first-order chi connectivity index (χ1) is 16.9. The van der Waals surface area contributed by atoms with E-state index in [4.69, 9.17) is 4.74 Å². The van der Waals surface area contributed by atoms with Gasteiger partial charge in [-0.2, -0.15) is 0 Å². The average molecular weight is 471 g/mol. The summed E-state index contributed by atoms with van der Waals surface area (Å²) in [6.07, 6.45) is 0.715. The van der Waals surface area contributed by atoms with Crippen LogP contribution in [-0.2, 0) is 16.0 Å². The smallest absolute Gasteiger partial charge is 0.294 e. The third-order valence-corrected chi connectivity index (χ3v) is 6.12. The summed E-state index contributed by atoms with van der Waals surface area (Å²) in [5.74, 6) is -0.720. The summed E-state index contributed by atoms with van der Waals surface area (Å²) in [5, 5.41) is 10.9. The summed E-state index contributed by atoms with van der Waals surface area (Å²) in [7, 11) is 3.90. The van der Waals surface area contributed by atoms with Crippen molar-refractivity contribution < 1.29 is 19.4 Å². The van der Waals surface area contributed by atoms with E-state index in [1.54, 1.807) is 18.2 Å². The van der Waals surface area contributed by atoms with Gasteiger partial charge in [0.25, 0.3) is 5.91 Å². The van der Waals surface area contributed by atoms with E-state index in [9.17, 15) is 14.7 Å². The molecular formula is C29H30N2O4. The molecule has 1 N–H and O–H groups in total. The standard InChI is InChI=1S/C29H30N2O4/c1-4-35-24-12-8-11-23(19-24)31-27(21-14-16-22(17-15-21)30(2)3)26(28(33)29(31)34)25(32)18-13-20-9-6-5-7-10-20/h5-12,14-17,19,27,33H,4,13,18H2,1-3H3. The number of anilines is 2. The van der Waals surface area contributed by atoms with E-state index >= 15 is 0 Å². The van der Waals surface area contributed by atoms with Crippen molar-refractivity contribution in [2.75, 3.05) is 30.5 Å². The van der Waals surface area contributed by atoms with Crippen molar-refractivity contribution in [1.29, 1.82) is 0 Å². The van der Waals surface area contributed by atoms with Crippen molar-refractivity contribution in [3.8, 4) is 5.75 Å². The Labute approximate surface area is 206 Å². The number of benzene rings is 3. The number of aryl methyl sites for hydroxylation is 1. The van der Waals surface area contributed by atoms with Gasteiger partial charge in [-0.25, -0.2) is 0 Å². The Morgan fingerprint density at radius 1 is 1.00 bits per heavy atom. The molecule has 0 saturated carbocycles. The van der Waals surface area contributed by atoms with Crippen LogP contribution in [0.2, 0.25) is 0 Å². The van der Waals surface area contributed by atoms with E-state index < -0.39 is 17.7 Å². The van der Waals surface area contributed by atoms with E-state index in [0.717, 1.165) is 16.8 Å². The number of amides is 1. The van der Waals surface area contributed by atoms with Crippen molar-refractivity contribution in [1.82, 2.24) is 0 Å². The highest BCUT2D eigenvalue weighted by molar-refractivity contribution is 6.16. The number of aliphatic hydroxyl groups is 1. The summed E-state index contributed by atoms with van der Waals surface area (Å²) in [6.45, 7) is 2.37. The van der Waals surface area contributed by atoms with Gasteiger partial charge in [-0.1, -0.05) is 48.5 Å². The molecule has 35 heavy (non-hydrogen) atoms. The van der Waals surface area contributed by atoms with Gasteiger partial charge in [-0.3, -0.25) is 14.5 Å². The lowest BCUT2D eigenvalue weighted by Gasteiger charge is -2.27. The largest absolute Gasteiger partial charge is 0.503 e. The van der Waals surface area contributed by atoms with Crippen molar-refractivity contribution in [2.45, 2.75) is 25.8 Å². The Morgan fingerprint density at radius 3 is 2.37 bits per heavy atom. The van der Waals surface area contributed by atoms with Gasteiger partial charge < -0.3 is 14.7 Å². The van der Waals surface area contributed by atoms with Gasteiger partial charge in [0.2, 0.25) is 0 Å². The lowest BCUT2D eigenvalue weighted by Crippen LogP contribution is -2.31. The van der Waals surface area contributed by atoms with Crippen LogP contribution in [0.15, 0.2) is 90.2 Å². The molecule has 3 aromatic rings. The predicted octanol–water partition coefficient (Wildman–Crippen LogP) is 5.25. The molecule has 1 atom stereocenters. The number of carbonyl (C=O) groups excluding carboxylic acids is 2. The first-order valence-corrected chi connectivity index (χ1v) is 11.7. The molecular weight excluding hydrogens is 440 g/mol. The molecule has 6 nitrogen and oxygen atoms in total. The zero-order chi connectivity index (χ0) is 24.9. The number of Topliss-reactive ketones (excluding diaryl/α,β-unsaturated/α-hetero) is 1. The summed E-state index contributed by atoms with van der Waals surface area (Å²) < 4.78 is 5.63. The van der Waals surface area contributed by atoms with Crippen LogP contribution >= 0.6 is 0 Å². The second kappa shape index (κ2) is 10.5. The second-order valence-corrected chi connectivity index (χ2v) is 8.67. The maximum atomic E-state index is 13.5. The molecule has 0 aliphatic carbocycles. The van der Waals surface area contributed by atoms with Crippen LogP contribution in [0.25, 0.3) is 0 Å². The number of carbonyl (C=O) groups is 2. The first kappa shape index (κ1) is 24.1. The quantitative estimate of drug-likeness (QED) is 0.462. The van der Waals surface area contributed by atoms with E-state index in [1.807, 2.05) is 86.6 Å². The van der Waals surface area contributed by atoms with Crippen LogP contribution in [-0.4, -0.2) is 37.5 Å². The molecule has 0 spiro atoms. The molecule has 0 bridgehead atoms. The number of ether oxygens (including phenoxy) is 1. The Hall–Kier alpha value is -4.06. The Morgan fingerprint density at radius 2 is 1.71 bits per heavy atom. The Kier molecular flexibility index (Phi) is 7.20. The number of aliphatic hydroxyl groups excluding tert-OH is 1. The number of ketones is 1. The van der Waals surface area contributed by atoms with Crippen molar-refractivity contribution in [3.05, 3.63) is 101 Å². The molecule has 0 saturated heterocycles. The highest BCUT2D eigenvalue weighted by Crippen LogP contribution is 2.42. The van der Waals surface area contributed by atoms with Crippen LogP contribution in [0, 0.1) is 0 Å². The maximum absolute atomic E-state index is 13.5. The minimum atomic E-state index is -0.737. The molecule has 0 aromatic heterocycles. The highest BCUT2D eigenvalue weighted by atomic mass is 16.5. The van der Waals surface area contributed by atoms with Gasteiger partial charge in [-0.15, -0.1) is 0 Å². The molecule has 4 rings (SSSR count). The minimum absolute atomic E-state index is 0.130. The zero-order valence-corrected chi connectivity index (χ0v) is 20.3. The number of hydrogen-bond acceptors (Lipinski definition) is 5. The minimum Gasteiger partial charge on any atom is -0.503 e. The molecule has 3 aromatic carbocycles. The highest BCUT2D eigenvalue weighted by Gasteiger charge is 2.44. The molecule has 0 radical (unpaired) electrons. The molecule has 1 unspecified atom stereocenters. The lowest BCUT2D eigenvalue weighted by molar-refractivity contribution is -0.118.